The van der Waals surface area contributed by atoms with Crippen molar-refractivity contribution in [3.8, 4) is 0 Å². The fourth-order valence-corrected chi connectivity index (χ4v) is 0. The Kier molecular flexibility index (Phi) is 53.6. The van der Waals surface area contributed by atoms with E-state index in [9.17, 15) is 0 Å². The molecule has 0 aromatic carbocycles. The average molecular weight is 323 g/mol. The standard InChI is InChI=1S/5C2H4O2.Mg/c5*1-2(3)4;/h5*1H3,(H,3,4);/q;;;;;+2/p-2. The largest absolute Gasteiger partial charge is 2.00 e. The maximum Gasteiger partial charge on any atom is 2.00 e. The number of hydrogen-bond donors (Lipinski definition) is 3. The molecule has 0 saturated heterocycles. The number of carbonyl (C=O) groups excluding carboxylic acids is 2. The number of carboxylic acid groups (broad SMARTS) is 5. The van der Waals surface area contributed by atoms with Crippen LogP contribution in [0.5, 0.6) is 0 Å². The molecule has 0 aromatic heterocycles. The van der Waals surface area contributed by atoms with Gasteiger partial charge in [-0.15, -0.1) is 0 Å². The van der Waals surface area contributed by atoms with Gasteiger partial charge in [0, 0.05) is 32.7 Å². The van der Waals surface area contributed by atoms with Crippen LogP contribution >= 0.6 is 0 Å². The molecule has 0 atom stereocenters. The summed E-state index contributed by atoms with van der Waals surface area (Å²) in [5.74, 6) is -4.67. The molecular formula is C10H18MgO10. The summed E-state index contributed by atoms with van der Waals surface area (Å²) in [6.07, 6.45) is 0. The van der Waals surface area contributed by atoms with Crippen LogP contribution in [0, 0.1) is 0 Å². The number of rotatable bonds is 0. The van der Waals surface area contributed by atoms with Crippen LogP contribution in [0.15, 0.2) is 0 Å². The Labute approximate surface area is 137 Å². The molecule has 10 nitrogen and oxygen atoms in total. The molecule has 0 fully saturated rings. The predicted octanol–water partition coefficient (Wildman–Crippen LogP) is -2.60. The Hall–Kier alpha value is -1.88. The van der Waals surface area contributed by atoms with Crippen molar-refractivity contribution >= 4 is 52.9 Å². The van der Waals surface area contributed by atoms with Crippen molar-refractivity contribution in [1.82, 2.24) is 0 Å². The molecule has 0 heterocycles. The van der Waals surface area contributed by atoms with Crippen LogP contribution in [0.2, 0.25) is 0 Å². The van der Waals surface area contributed by atoms with E-state index >= 15 is 0 Å². The van der Waals surface area contributed by atoms with Crippen LogP contribution in [-0.2, 0) is 24.0 Å². The normalized spacial score (nSPS) is 5.95. The zero-order chi connectivity index (χ0) is 17.9. The molecule has 120 valence electrons. The summed E-state index contributed by atoms with van der Waals surface area (Å²) in [6.45, 7) is 5.19. The van der Waals surface area contributed by atoms with Gasteiger partial charge >= 0.3 is 23.1 Å². The van der Waals surface area contributed by atoms with Crippen molar-refractivity contribution in [2.45, 2.75) is 34.6 Å². The van der Waals surface area contributed by atoms with E-state index in [1.807, 2.05) is 0 Å². The number of carboxylic acids is 5. The van der Waals surface area contributed by atoms with Gasteiger partial charge in [-0.05, 0) is 13.8 Å². The van der Waals surface area contributed by atoms with Gasteiger partial charge in [0.05, 0.1) is 0 Å². The third-order valence-electron chi connectivity index (χ3n) is 0. The molecule has 0 spiro atoms. The van der Waals surface area contributed by atoms with Gasteiger partial charge < -0.3 is 35.1 Å². The zero-order valence-corrected chi connectivity index (χ0v) is 13.8. The summed E-state index contributed by atoms with van der Waals surface area (Å²) in [5.41, 5.74) is 0. The minimum Gasteiger partial charge on any atom is -0.550 e. The Bertz CT molecular complexity index is 211. The predicted molar refractivity (Wildman–Crippen MR) is 67.0 cm³/mol. The van der Waals surface area contributed by atoms with E-state index in [0.29, 0.717) is 0 Å². The fraction of sp³-hybridized carbons (Fsp3) is 0.500. The molecule has 0 aliphatic carbocycles. The number of aliphatic carboxylic acids is 5. The summed E-state index contributed by atoms with van der Waals surface area (Å²) >= 11 is 0. The van der Waals surface area contributed by atoms with Crippen molar-refractivity contribution < 1.29 is 49.5 Å². The number of hydrogen-bond acceptors (Lipinski definition) is 7. The molecule has 0 rings (SSSR count). The van der Waals surface area contributed by atoms with E-state index in [-0.39, 0.29) is 23.1 Å². The maximum atomic E-state index is 9.00. The number of carbonyl (C=O) groups is 5. The Balaban J connectivity index is -0.0000000331. The monoisotopic (exact) mass is 322 g/mol. The van der Waals surface area contributed by atoms with E-state index in [1.54, 1.807) is 0 Å². The second-order valence-electron chi connectivity index (χ2n) is 2.54. The average Bonchev–Trinajstić information content (AvgIpc) is 1.94. The molecule has 11 heteroatoms. The van der Waals surface area contributed by atoms with E-state index < -0.39 is 29.8 Å². The first-order valence-corrected chi connectivity index (χ1v) is 4.60. The summed E-state index contributed by atoms with van der Waals surface area (Å²) in [7, 11) is 0. The summed E-state index contributed by atoms with van der Waals surface area (Å²) < 4.78 is 0. The summed E-state index contributed by atoms with van der Waals surface area (Å²) in [4.78, 5) is 44.8. The van der Waals surface area contributed by atoms with Crippen LogP contribution in [0.3, 0.4) is 0 Å². The molecule has 3 N–H and O–H groups in total. The fourth-order valence-electron chi connectivity index (χ4n) is 0. The molecule has 0 amide bonds. The first-order chi connectivity index (χ1) is 8.66. The zero-order valence-electron chi connectivity index (χ0n) is 12.4. The van der Waals surface area contributed by atoms with E-state index in [0.717, 1.165) is 34.6 Å². The molecule has 0 aromatic rings. The van der Waals surface area contributed by atoms with Gasteiger partial charge in [-0.1, -0.05) is 0 Å². The molecule has 0 bridgehead atoms. The van der Waals surface area contributed by atoms with Crippen LogP contribution in [0.25, 0.3) is 0 Å². The van der Waals surface area contributed by atoms with Crippen molar-refractivity contribution in [2.24, 2.45) is 0 Å². The molecule has 0 radical (unpaired) electrons. The van der Waals surface area contributed by atoms with E-state index in [2.05, 4.69) is 0 Å². The van der Waals surface area contributed by atoms with E-state index in [1.165, 1.54) is 0 Å². The minimum atomic E-state index is -1.08. The SMILES string of the molecule is CC(=O)O.CC(=O)O.CC(=O)O.CC(=O)[O-].CC(=O)[O-].[Mg+2]. The summed E-state index contributed by atoms with van der Waals surface area (Å²) in [6, 6.07) is 0. The Morgan fingerprint density at radius 3 is 0.571 bits per heavy atom. The van der Waals surface area contributed by atoms with E-state index in [4.69, 9.17) is 49.5 Å². The Morgan fingerprint density at radius 2 is 0.571 bits per heavy atom. The minimum absolute atomic E-state index is 0. The van der Waals surface area contributed by atoms with Gasteiger partial charge in [-0.3, -0.25) is 14.4 Å². The van der Waals surface area contributed by atoms with Crippen molar-refractivity contribution in [3.05, 3.63) is 0 Å². The second-order valence-corrected chi connectivity index (χ2v) is 2.54. The molecule has 0 saturated carbocycles. The van der Waals surface area contributed by atoms with Crippen LogP contribution in [-0.4, -0.2) is 68.2 Å². The van der Waals surface area contributed by atoms with Gasteiger partial charge in [0.15, 0.2) is 0 Å². The third kappa shape index (κ3) is 1330. The van der Waals surface area contributed by atoms with Crippen molar-refractivity contribution in [3.63, 3.8) is 0 Å². The van der Waals surface area contributed by atoms with Crippen LogP contribution < -0.4 is 10.2 Å². The van der Waals surface area contributed by atoms with Gasteiger partial charge in [0.1, 0.15) is 0 Å². The van der Waals surface area contributed by atoms with Gasteiger partial charge in [-0.25, -0.2) is 0 Å². The first kappa shape index (κ1) is 36.5. The quantitative estimate of drug-likeness (QED) is 0.398. The molecule has 21 heavy (non-hydrogen) atoms. The Morgan fingerprint density at radius 1 is 0.571 bits per heavy atom. The molecular weight excluding hydrogens is 304 g/mol. The maximum absolute atomic E-state index is 9.00. The molecule has 0 aliphatic heterocycles. The van der Waals surface area contributed by atoms with Gasteiger partial charge in [0.25, 0.3) is 17.9 Å². The second kappa shape index (κ2) is 30.9. The summed E-state index contributed by atoms with van der Waals surface area (Å²) in [5, 5.41) is 40.0. The van der Waals surface area contributed by atoms with Gasteiger partial charge in [0.2, 0.25) is 0 Å². The third-order valence-corrected chi connectivity index (χ3v) is 0. The molecule has 0 aliphatic rings. The molecule has 0 unspecified atom stereocenters. The first-order valence-electron chi connectivity index (χ1n) is 4.60. The van der Waals surface area contributed by atoms with Crippen molar-refractivity contribution in [2.75, 3.05) is 0 Å². The topological polar surface area (TPSA) is 192 Å². The van der Waals surface area contributed by atoms with Crippen molar-refractivity contribution in [1.29, 1.82) is 0 Å². The van der Waals surface area contributed by atoms with Crippen LogP contribution in [0.1, 0.15) is 34.6 Å². The van der Waals surface area contributed by atoms with Crippen LogP contribution in [0.4, 0.5) is 0 Å². The van der Waals surface area contributed by atoms with Gasteiger partial charge in [-0.2, -0.15) is 0 Å². The smallest absolute Gasteiger partial charge is 0.550 e.